The fourth-order valence-corrected chi connectivity index (χ4v) is 2.16. The van der Waals surface area contributed by atoms with Crippen LogP contribution < -0.4 is 5.32 Å². The smallest absolute Gasteiger partial charge is 0.104 e. The van der Waals surface area contributed by atoms with Gasteiger partial charge in [-0.1, -0.05) is 0 Å². The van der Waals surface area contributed by atoms with Crippen molar-refractivity contribution in [2.24, 2.45) is 0 Å². The Labute approximate surface area is 82.5 Å². The first-order valence-corrected chi connectivity index (χ1v) is 5.07. The average Bonchev–Trinajstić information content (AvgIpc) is 2.59. The standard InChI is InChI=1S/C11H13N3/c1-7-13-10-5-4-9-8(11(10)14-7)3-2-6-12-9/h4-5,12H,2-3,6H2,1H3,(H,13,14). The van der Waals surface area contributed by atoms with Crippen molar-refractivity contribution < 1.29 is 0 Å². The number of anilines is 1. The fourth-order valence-electron chi connectivity index (χ4n) is 2.16. The van der Waals surface area contributed by atoms with Crippen LogP contribution in [0.1, 0.15) is 17.8 Å². The van der Waals surface area contributed by atoms with Crippen molar-refractivity contribution in [1.82, 2.24) is 9.97 Å². The number of H-pyrrole nitrogens is 1. The first-order valence-electron chi connectivity index (χ1n) is 5.07. The van der Waals surface area contributed by atoms with Gasteiger partial charge in [0.15, 0.2) is 0 Å². The number of imidazole rings is 1. The van der Waals surface area contributed by atoms with Gasteiger partial charge in [-0.05, 0) is 31.9 Å². The van der Waals surface area contributed by atoms with Gasteiger partial charge in [0.25, 0.3) is 0 Å². The van der Waals surface area contributed by atoms with Crippen LogP contribution in [-0.2, 0) is 6.42 Å². The Morgan fingerprint density at radius 1 is 1.36 bits per heavy atom. The molecule has 3 heteroatoms. The lowest BCUT2D eigenvalue weighted by atomic mass is 10.0. The molecule has 0 aliphatic carbocycles. The molecule has 1 aliphatic heterocycles. The molecule has 0 spiro atoms. The summed E-state index contributed by atoms with van der Waals surface area (Å²) in [6.45, 7) is 3.09. The molecule has 0 atom stereocenters. The number of rotatable bonds is 0. The maximum absolute atomic E-state index is 4.53. The summed E-state index contributed by atoms with van der Waals surface area (Å²) in [6, 6.07) is 4.25. The van der Waals surface area contributed by atoms with Crippen molar-refractivity contribution >= 4 is 16.7 Å². The highest BCUT2D eigenvalue weighted by molar-refractivity contribution is 5.85. The number of fused-ring (bicyclic) bond motifs is 3. The molecule has 72 valence electrons. The molecule has 2 N–H and O–H groups in total. The van der Waals surface area contributed by atoms with E-state index < -0.39 is 0 Å². The van der Waals surface area contributed by atoms with E-state index in [2.05, 4.69) is 27.4 Å². The molecule has 3 rings (SSSR count). The minimum atomic E-state index is 0.999. The van der Waals surface area contributed by atoms with Crippen LogP contribution in [0.25, 0.3) is 11.0 Å². The van der Waals surface area contributed by atoms with Crippen LogP contribution in [0.5, 0.6) is 0 Å². The monoisotopic (exact) mass is 187 g/mol. The predicted molar refractivity (Wildman–Crippen MR) is 57.6 cm³/mol. The molecule has 14 heavy (non-hydrogen) atoms. The minimum absolute atomic E-state index is 0.999. The summed E-state index contributed by atoms with van der Waals surface area (Å²) in [5.41, 5.74) is 4.94. The summed E-state index contributed by atoms with van der Waals surface area (Å²) in [6.07, 6.45) is 2.35. The zero-order chi connectivity index (χ0) is 9.54. The van der Waals surface area contributed by atoms with Gasteiger partial charge in [-0.25, -0.2) is 4.98 Å². The van der Waals surface area contributed by atoms with Crippen LogP contribution in [0, 0.1) is 6.92 Å². The lowest BCUT2D eigenvalue weighted by molar-refractivity contribution is 0.835. The Morgan fingerprint density at radius 3 is 3.21 bits per heavy atom. The highest BCUT2D eigenvalue weighted by atomic mass is 14.9. The van der Waals surface area contributed by atoms with Gasteiger partial charge in [0.2, 0.25) is 0 Å². The first-order chi connectivity index (χ1) is 6.84. The van der Waals surface area contributed by atoms with E-state index in [-0.39, 0.29) is 0 Å². The number of nitrogens with one attached hydrogen (secondary N) is 2. The molecule has 0 amide bonds. The second-order valence-corrected chi connectivity index (χ2v) is 3.84. The van der Waals surface area contributed by atoms with E-state index in [4.69, 9.17) is 0 Å². The van der Waals surface area contributed by atoms with E-state index in [0.717, 1.165) is 29.8 Å². The molecule has 1 aliphatic rings. The van der Waals surface area contributed by atoms with Crippen LogP contribution in [0.3, 0.4) is 0 Å². The molecule has 0 saturated carbocycles. The number of benzene rings is 1. The van der Waals surface area contributed by atoms with E-state index in [9.17, 15) is 0 Å². The summed E-state index contributed by atoms with van der Waals surface area (Å²) in [4.78, 5) is 7.80. The van der Waals surface area contributed by atoms with Crippen molar-refractivity contribution in [3.63, 3.8) is 0 Å². The molecule has 2 aromatic rings. The summed E-state index contributed by atoms with van der Waals surface area (Å²) < 4.78 is 0. The average molecular weight is 187 g/mol. The van der Waals surface area contributed by atoms with Gasteiger partial charge in [0, 0.05) is 17.8 Å². The summed E-state index contributed by atoms with van der Waals surface area (Å²) >= 11 is 0. The molecule has 0 saturated heterocycles. The van der Waals surface area contributed by atoms with E-state index >= 15 is 0 Å². The Morgan fingerprint density at radius 2 is 2.29 bits per heavy atom. The van der Waals surface area contributed by atoms with Gasteiger partial charge < -0.3 is 10.3 Å². The Kier molecular flexibility index (Phi) is 1.54. The maximum Gasteiger partial charge on any atom is 0.104 e. The van der Waals surface area contributed by atoms with E-state index in [0.29, 0.717) is 0 Å². The Bertz CT molecular complexity index is 484. The van der Waals surface area contributed by atoms with E-state index in [1.165, 1.54) is 17.7 Å². The molecule has 2 heterocycles. The number of hydrogen-bond acceptors (Lipinski definition) is 2. The van der Waals surface area contributed by atoms with Gasteiger partial charge in [0.1, 0.15) is 5.82 Å². The molecule has 0 fully saturated rings. The van der Waals surface area contributed by atoms with Crippen LogP contribution in [0.15, 0.2) is 12.1 Å². The summed E-state index contributed by atoms with van der Waals surface area (Å²) in [7, 11) is 0. The minimum Gasteiger partial charge on any atom is -0.385 e. The first kappa shape index (κ1) is 7.85. The van der Waals surface area contributed by atoms with Crippen molar-refractivity contribution in [3.8, 4) is 0 Å². The molecule has 0 bridgehead atoms. The molecular formula is C11H13N3. The number of aromatic nitrogens is 2. The van der Waals surface area contributed by atoms with Gasteiger partial charge in [-0.2, -0.15) is 0 Å². The zero-order valence-electron chi connectivity index (χ0n) is 8.22. The number of nitrogens with zero attached hydrogens (tertiary/aromatic N) is 1. The second kappa shape index (κ2) is 2.74. The second-order valence-electron chi connectivity index (χ2n) is 3.84. The molecule has 3 nitrogen and oxygen atoms in total. The van der Waals surface area contributed by atoms with E-state index in [1.807, 2.05) is 6.92 Å². The van der Waals surface area contributed by atoms with Crippen molar-refractivity contribution in [1.29, 1.82) is 0 Å². The third kappa shape index (κ3) is 1.02. The largest absolute Gasteiger partial charge is 0.385 e. The molecule has 1 aromatic carbocycles. The number of hydrogen-bond donors (Lipinski definition) is 2. The summed E-state index contributed by atoms with van der Waals surface area (Å²) in [5.74, 6) is 0.999. The lowest BCUT2D eigenvalue weighted by Gasteiger charge is -2.17. The fraction of sp³-hybridized carbons (Fsp3) is 0.364. The topological polar surface area (TPSA) is 40.7 Å². The van der Waals surface area contributed by atoms with Gasteiger partial charge in [0.05, 0.1) is 11.0 Å². The predicted octanol–water partition coefficient (Wildman–Crippen LogP) is 2.23. The Balaban J connectivity index is 2.33. The third-order valence-corrected chi connectivity index (χ3v) is 2.80. The van der Waals surface area contributed by atoms with Gasteiger partial charge in [-0.15, -0.1) is 0 Å². The van der Waals surface area contributed by atoms with Crippen molar-refractivity contribution in [2.45, 2.75) is 19.8 Å². The highest BCUT2D eigenvalue weighted by Crippen LogP contribution is 2.28. The van der Waals surface area contributed by atoms with Crippen LogP contribution in [-0.4, -0.2) is 16.5 Å². The maximum atomic E-state index is 4.53. The van der Waals surface area contributed by atoms with Crippen LogP contribution in [0.2, 0.25) is 0 Å². The van der Waals surface area contributed by atoms with E-state index in [1.54, 1.807) is 0 Å². The summed E-state index contributed by atoms with van der Waals surface area (Å²) in [5, 5.41) is 3.41. The molecule has 0 unspecified atom stereocenters. The third-order valence-electron chi connectivity index (χ3n) is 2.80. The van der Waals surface area contributed by atoms with Crippen LogP contribution >= 0.6 is 0 Å². The van der Waals surface area contributed by atoms with Crippen LogP contribution in [0.4, 0.5) is 5.69 Å². The molecular weight excluding hydrogens is 174 g/mol. The Hall–Kier alpha value is -1.51. The number of aryl methyl sites for hydroxylation is 2. The zero-order valence-corrected chi connectivity index (χ0v) is 8.22. The molecule has 0 radical (unpaired) electrons. The lowest BCUT2D eigenvalue weighted by Crippen LogP contribution is -2.11. The van der Waals surface area contributed by atoms with Gasteiger partial charge >= 0.3 is 0 Å². The van der Waals surface area contributed by atoms with Gasteiger partial charge in [-0.3, -0.25) is 0 Å². The number of aromatic amines is 1. The highest BCUT2D eigenvalue weighted by Gasteiger charge is 2.13. The molecule has 1 aromatic heterocycles. The SMILES string of the molecule is Cc1nc2c3c(ccc2[nH]1)NCCC3. The quantitative estimate of drug-likeness (QED) is 0.664. The van der Waals surface area contributed by atoms with Crippen molar-refractivity contribution in [2.75, 3.05) is 11.9 Å². The van der Waals surface area contributed by atoms with Crippen molar-refractivity contribution in [3.05, 3.63) is 23.5 Å². The normalized spacial score (nSPS) is 15.2.